The standard InChI is InChI=1S/C18H15ClN4O4/c19-10-17(26)20-21-18(27)11-5-7-12(8-6-11)23-14(9-16(25)22-23)13-3-1-2-4-15(13)24/h1-9,24H,10H2,(H,20,26)(H,21,27)(H,22,25). The van der Waals surface area contributed by atoms with Gasteiger partial charge in [0, 0.05) is 17.2 Å². The summed E-state index contributed by atoms with van der Waals surface area (Å²) in [5, 5.41) is 12.7. The molecule has 27 heavy (non-hydrogen) atoms. The van der Waals surface area contributed by atoms with Crippen molar-refractivity contribution in [3.8, 4) is 22.7 Å². The molecule has 3 aromatic rings. The first kappa shape index (κ1) is 18.3. The minimum Gasteiger partial charge on any atom is -0.507 e. The molecule has 0 aliphatic carbocycles. The van der Waals surface area contributed by atoms with Crippen LogP contribution in [0.5, 0.6) is 5.75 Å². The van der Waals surface area contributed by atoms with E-state index < -0.39 is 11.8 Å². The molecule has 3 rings (SSSR count). The SMILES string of the molecule is O=C(CCl)NNC(=O)c1ccc(-n2[nH]c(=O)cc2-c2ccccc2O)cc1. The Labute approximate surface area is 158 Å². The fourth-order valence-electron chi connectivity index (χ4n) is 2.48. The van der Waals surface area contributed by atoms with Gasteiger partial charge in [-0.1, -0.05) is 12.1 Å². The molecule has 0 atom stereocenters. The van der Waals surface area contributed by atoms with E-state index in [1.165, 1.54) is 28.9 Å². The number of amides is 2. The van der Waals surface area contributed by atoms with Crippen molar-refractivity contribution >= 4 is 23.4 Å². The van der Waals surface area contributed by atoms with E-state index in [9.17, 15) is 19.5 Å². The number of nitrogens with one attached hydrogen (secondary N) is 3. The van der Waals surface area contributed by atoms with Crippen LogP contribution in [0.1, 0.15) is 10.4 Å². The van der Waals surface area contributed by atoms with Gasteiger partial charge in [-0.05, 0) is 36.4 Å². The number of para-hydroxylation sites is 1. The molecule has 0 radical (unpaired) electrons. The second-order valence-electron chi connectivity index (χ2n) is 5.54. The Balaban J connectivity index is 1.88. The van der Waals surface area contributed by atoms with Crippen LogP contribution < -0.4 is 16.4 Å². The van der Waals surface area contributed by atoms with E-state index >= 15 is 0 Å². The zero-order valence-electron chi connectivity index (χ0n) is 13.9. The van der Waals surface area contributed by atoms with Crippen molar-refractivity contribution < 1.29 is 14.7 Å². The van der Waals surface area contributed by atoms with Gasteiger partial charge in [-0.3, -0.25) is 35.0 Å². The van der Waals surface area contributed by atoms with Crippen LogP contribution >= 0.6 is 11.6 Å². The number of aromatic amines is 1. The molecule has 0 unspecified atom stereocenters. The zero-order valence-corrected chi connectivity index (χ0v) is 14.7. The quantitative estimate of drug-likeness (QED) is 0.402. The van der Waals surface area contributed by atoms with Crippen molar-refractivity contribution in [2.75, 3.05) is 5.88 Å². The number of hydrogen-bond donors (Lipinski definition) is 4. The summed E-state index contributed by atoms with van der Waals surface area (Å²) in [5.74, 6) is -1.27. The number of hydrogen-bond acceptors (Lipinski definition) is 4. The Morgan fingerprint density at radius 1 is 1.07 bits per heavy atom. The first-order valence-corrected chi connectivity index (χ1v) is 8.39. The van der Waals surface area contributed by atoms with Gasteiger partial charge in [-0.25, -0.2) is 0 Å². The van der Waals surface area contributed by atoms with Crippen molar-refractivity contribution in [2.45, 2.75) is 0 Å². The second kappa shape index (κ2) is 7.79. The lowest BCUT2D eigenvalue weighted by atomic mass is 10.1. The molecule has 1 heterocycles. The number of benzene rings is 2. The van der Waals surface area contributed by atoms with Crippen LogP contribution in [0.2, 0.25) is 0 Å². The number of carbonyl (C=O) groups excluding carboxylic acids is 2. The molecule has 0 spiro atoms. The largest absolute Gasteiger partial charge is 0.507 e. The van der Waals surface area contributed by atoms with E-state index in [2.05, 4.69) is 16.0 Å². The Hall–Kier alpha value is -3.52. The van der Waals surface area contributed by atoms with E-state index in [-0.39, 0.29) is 17.2 Å². The molecule has 2 aromatic carbocycles. The Morgan fingerprint density at radius 2 is 1.78 bits per heavy atom. The van der Waals surface area contributed by atoms with Crippen molar-refractivity contribution in [3.63, 3.8) is 0 Å². The number of alkyl halides is 1. The van der Waals surface area contributed by atoms with Gasteiger partial charge in [-0.15, -0.1) is 11.6 Å². The predicted molar refractivity (Wildman–Crippen MR) is 99.8 cm³/mol. The summed E-state index contributed by atoms with van der Waals surface area (Å²) < 4.78 is 1.51. The number of rotatable bonds is 4. The van der Waals surface area contributed by atoms with Crippen LogP contribution in [-0.4, -0.2) is 32.6 Å². The molecule has 0 fully saturated rings. The van der Waals surface area contributed by atoms with Gasteiger partial charge >= 0.3 is 0 Å². The molecule has 2 amide bonds. The van der Waals surface area contributed by atoms with Crippen LogP contribution in [0, 0.1) is 0 Å². The zero-order chi connectivity index (χ0) is 19.4. The lowest BCUT2D eigenvalue weighted by molar-refractivity contribution is -0.119. The molecule has 0 aliphatic heterocycles. The summed E-state index contributed by atoms with van der Waals surface area (Å²) in [4.78, 5) is 34.9. The highest BCUT2D eigenvalue weighted by molar-refractivity contribution is 6.27. The molecule has 0 bridgehead atoms. The molecule has 9 heteroatoms. The highest BCUT2D eigenvalue weighted by Crippen LogP contribution is 2.29. The molecule has 0 saturated carbocycles. The number of aromatic nitrogens is 2. The molecule has 0 saturated heterocycles. The maximum absolute atomic E-state index is 12.0. The number of nitrogens with zero attached hydrogens (tertiary/aromatic N) is 1. The first-order valence-electron chi connectivity index (χ1n) is 7.85. The normalized spacial score (nSPS) is 10.4. The smallest absolute Gasteiger partial charge is 0.269 e. The highest BCUT2D eigenvalue weighted by atomic mass is 35.5. The van der Waals surface area contributed by atoms with Gasteiger partial charge in [0.25, 0.3) is 17.4 Å². The second-order valence-corrected chi connectivity index (χ2v) is 5.81. The summed E-state index contributed by atoms with van der Waals surface area (Å²) in [7, 11) is 0. The lowest BCUT2D eigenvalue weighted by Gasteiger charge is -2.11. The summed E-state index contributed by atoms with van der Waals surface area (Å²) in [6.45, 7) is 0. The van der Waals surface area contributed by atoms with E-state index in [0.29, 0.717) is 22.5 Å². The van der Waals surface area contributed by atoms with Gasteiger partial charge in [0.2, 0.25) is 0 Å². The molecule has 138 valence electrons. The maximum Gasteiger partial charge on any atom is 0.269 e. The van der Waals surface area contributed by atoms with Crippen LogP contribution in [0.3, 0.4) is 0 Å². The van der Waals surface area contributed by atoms with Crippen LogP contribution in [0.15, 0.2) is 59.4 Å². The minimum absolute atomic E-state index is 0.0382. The van der Waals surface area contributed by atoms with Crippen molar-refractivity contribution in [1.82, 2.24) is 20.6 Å². The third-order valence-corrected chi connectivity index (χ3v) is 3.98. The van der Waals surface area contributed by atoms with Crippen LogP contribution in [-0.2, 0) is 4.79 Å². The molecular weight excluding hydrogens is 372 g/mol. The van der Waals surface area contributed by atoms with E-state index in [4.69, 9.17) is 11.6 Å². The molecular formula is C18H15ClN4O4. The Morgan fingerprint density at radius 3 is 2.44 bits per heavy atom. The fourth-order valence-corrected chi connectivity index (χ4v) is 2.54. The molecule has 1 aromatic heterocycles. The third kappa shape index (κ3) is 4.01. The van der Waals surface area contributed by atoms with Gasteiger partial charge < -0.3 is 5.11 Å². The molecule has 8 nitrogen and oxygen atoms in total. The van der Waals surface area contributed by atoms with Gasteiger partial charge in [-0.2, -0.15) is 0 Å². The number of H-pyrrole nitrogens is 1. The summed E-state index contributed by atoms with van der Waals surface area (Å²) in [6.07, 6.45) is 0. The van der Waals surface area contributed by atoms with Crippen molar-refractivity contribution in [2.24, 2.45) is 0 Å². The average molecular weight is 387 g/mol. The summed E-state index contributed by atoms with van der Waals surface area (Å²) >= 11 is 5.34. The highest BCUT2D eigenvalue weighted by Gasteiger charge is 2.13. The average Bonchev–Trinajstić information content (AvgIpc) is 3.07. The summed E-state index contributed by atoms with van der Waals surface area (Å²) in [6, 6.07) is 14.3. The van der Waals surface area contributed by atoms with Crippen LogP contribution in [0.4, 0.5) is 0 Å². The monoisotopic (exact) mass is 386 g/mol. The Kier molecular flexibility index (Phi) is 5.28. The van der Waals surface area contributed by atoms with Gasteiger partial charge in [0.15, 0.2) is 0 Å². The Bertz CT molecular complexity index is 1040. The number of aromatic hydroxyl groups is 1. The molecule has 0 aliphatic rings. The number of carbonyl (C=O) groups is 2. The predicted octanol–water partition coefficient (Wildman–Crippen LogP) is 1.54. The number of halogens is 1. The van der Waals surface area contributed by atoms with Crippen molar-refractivity contribution in [1.29, 1.82) is 0 Å². The van der Waals surface area contributed by atoms with Gasteiger partial charge in [0.1, 0.15) is 11.6 Å². The fraction of sp³-hybridized carbons (Fsp3) is 0.0556. The maximum atomic E-state index is 12.0. The van der Waals surface area contributed by atoms with Crippen LogP contribution in [0.25, 0.3) is 16.9 Å². The van der Waals surface area contributed by atoms with E-state index in [0.717, 1.165) is 0 Å². The van der Waals surface area contributed by atoms with E-state index in [1.807, 2.05) is 0 Å². The topological polar surface area (TPSA) is 116 Å². The number of hydrazine groups is 1. The van der Waals surface area contributed by atoms with Gasteiger partial charge in [0.05, 0.1) is 11.4 Å². The first-order chi connectivity index (χ1) is 13.0. The van der Waals surface area contributed by atoms with E-state index in [1.54, 1.807) is 30.3 Å². The third-order valence-electron chi connectivity index (χ3n) is 3.74. The minimum atomic E-state index is -0.529. The molecule has 4 N–H and O–H groups in total. The number of phenolic OH excluding ortho intramolecular Hbond substituents is 1. The van der Waals surface area contributed by atoms with Crippen molar-refractivity contribution in [3.05, 3.63) is 70.5 Å². The summed E-state index contributed by atoms with van der Waals surface area (Å²) in [5.41, 5.74) is 5.91. The lowest BCUT2D eigenvalue weighted by Crippen LogP contribution is -2.42. The number of phenols is 1.